The minimum Gasteiger partial charge on any atom is -0.381 e. The Labute approximate surface area is 97.6 Å². The lowest BCUT2D eigenvalue weighted by atomic mass is 10.1. The monoisotopic (exact) mass is 271 g/mol. The molecule has 0 saturated carbocycles. The summed E-state index contributed by atoms with van der Waals surface area (Å²) in [4.78, 5) is 11.5. The number of hydrogen-bond acceptors (Lipinski definition) is 2. The van der Waals surface area contributed by atoms with Gasteiger partial charge in [-0.25, -0.2) is 0 Å². The van der Waals surface area contributed by atoms with Crippen LogP contribution in [0.15, 0.2) is 22.7 Å². The summed E-state index contributed by atoms with van der Waals surface area (Å²) < 4.78 is 0.990. The molecule has 4 heteroatoms. The van der Waals surface area contributed by atoms with Crippen molar-refractivity contribution in [2.45, 2.75) is 26.4 Å². The first-order valence-corrected chi connectivity index (χ1v) is 5.40. The fourth-order valence-corrected chi connectivity index (χ4v) is 1.25. The zero-order valence-electron chi connectivity index (χ0n) is 8.97. The standard InChI is InChI=1S/C11H14BrNO2/c1-7-6-8(4-5-9(7)12)13-10(14)11(2,3)15/h4-6,15H,1-3H3,(H,13,14). The van der Waals surface area contributed by atoms with E-state index in [1.54, 1.807) is 6.07 Å². The Bertz CT molecular complexity index is 383. The lowest BCUT2D eigenvalue weighted by Crippen LogP contribution is -2.36. The zero-order chi connectivity index (χ0) is 11.6. The van der Waals surface area contributed by atoms with Crippen molar-refractivity contribution < 1.29 is 9.90 Å². The molecule has 1 aromatic carbocycles. The van der Waals surface area contributed by atoms with E-state index in [1.165, 1.54) is 13.8 Å². The third kappa shape index (κ3) is 3.32. The summed E-state index contributed by atoms with van der Waals surface area (Å²) in [5, 5.41) is 12.1. The first-order chi connectivity index (χ1) is 6.80. The third-order valence-corrected chi connectivity index (χ3v) is 2.86. The molecule has 0 unspecified atom stereocenters. The van der Waals surface area contributed by atoms with E-state index in [-0.39, 0.29) is 0 Å². The van der Waals surface area contributed by atoms with Crippen LogP contribution < -0.4 is 5.32 Å². The van der Waals surface area contributed by atoms with Crippen LogP contribution in [0.25, 0.3) is 0 Å². The van der Waals surface area contributed by atoms with Crippen LogP contribution in [0.4, 0.5) is 5.69 Å². The number of carbonyl (C=O) groups is 1. The fourth-order valence-electron chi connectivity index (χ4n) is 1.01. The van der Waals surface area contributed by atoms with Gasteiger partial charge in [-0.05, 0) is 44.5 Å². The molecule has 0 atom stereocenters. The van der Waals surface area contributed by atoms with Crippen LogP contribution in [-0.4, -0.2) is 16.6 Å². The van der Waals surface area contributed by atoms with Gasteiger partial charge in [0.15, 0.2) is 0 Å². The van der Waals surface area contributed by atoms with Gasteiger partial charge in [-0.2, -0.15) is 0 Å². The molecule has 1 rings (SSSR count). The van der Waals surface area contributed by atoms with E-state index >= 15 is 0 Å². The second-order valence-electron chi connectivity index (χ2n) is 3.98. The van der Waals surface area contributed by atoms with Crippen LogP contribution in [0.5, 0.6) is 0 Å². The molecule has 15 heavy (non-hydrogen) atoms. The molecule has 0 spiro atoms. The van der Waals surface area contributed by atoms with Crippen molar-refractivity contribution in [3.8, 4) is 0 Å². The largest absolute Gasteiger partial charge is 0.381 e. The van der Waals surface area contributed by atoms with Crippen molar-refractivity contribution >= 4 is 27.5 Å². The topological polar surface area (TPSA) is 49.3 Å². The van der Waals surface area contributed by atoms with Crippen LogP contribution in [0, 0.1) is 6.92 Å². The van der Waals surface area contributed by atoms with Crippen molar-refractivity contribution in [3.63, 3.8) is 0 Å². The van der Waals surface area contributed by atoms with E-state index in [0.29, 0.717) is 5.69 Å². The van der Waals surface area contributed by atoms with Gasteiger partial charge in [-0.15, -0.1) is 0 Å². The minimum absolute atomic E-state index is 0.413. The fraction of sp³-hybridized carbons (Fsp3) is 0.364. The number of anilines is 1. The number of aliphatic hydroxyl groups is 1. The Kier molecular flexibility index (Phi) is 3.52. The second-order valence-corrected chi connectivity index (χ2v) is 4.83. The quantitative estimate of drug-likeness (QED) is 0.868. The number of benzene rings is 1. The number of aryl methyl sites for hydroxylation is 1. The molecule has 0 heterocycles. The summed E-state index contributed by atoms with van der Waals surface area (Å²) in [6.07, 6.45) is 0. The number of halogens is 1. The summed E-state index contributed by atoms with van der Waals surface area (Å²) in [5.74, 6) is -0.413. The normalized spacial score (nSPS) is 11.3. The van der Waals surface area contributed by atoms with Crippen LogP contribution in [-0.2, 0) is 4.79 Å². The zero-order valence-corrected chi connectivity index (χ0v) is 10.6. The van der Waals surface area contributed by atoms with Crippen LogP contribution in [0.2, 0.25) is 0 Å². The summed E-state index contributed by atoms with van der Waals surface area (Å²) in [5.41, 5.74) is 0.354. The number of nitrogens with one attached hydrogen (secondary N) is 1. The minimum atomic E-state index is -1.36. The average Bonchev–Trinajstić information content (AvgIpc) is 2.10. The Balaban J connectivity index is 2.83. The SMILES string of the molecule is Cc1cc(NC(=O)C(C)(C)O)ccc1Br. The van der Waals surface area contributed by atoms with E-state index in [0.717, 1.165) is 10.0 Å². The van der Waals surface area contributed by atoms with Crippen molar-refractivity contribution in [2.75, 3.05) is 5.32 Å². The molecule has 0 aliphatic rings. The van der Waals surface area contributed by atoms with Gasteiger partial charge in [-0.3, -0.25) is 4.79 Å². The van der Waals surface area contributed by atoms with Crippen molar-refractivity contribution in [1.82, 2.24) is 0 Å². The molecule has 0 bridgehead atoms. The number of carbonyl (C=O) groups excluding carboxylic acids is 1. The first kappa shape index (κ1) is 12.2. The molecule has 0 aromatic heterocycles. The van der Waals surface area contributed by atoms with Gasteiger partial charge in [0, 0.05) is 10.2 Å². The molecule has 1 aromatic rings. The van der Waals surface area contributed by atoms with Crippen LogP contribution in [0.1, 0.15) is 19.4 Å². The molecule has 0 aliphatic heterocycles. The van der Waals surface area contributed by atoms with E-state index in [1.807, 2.05) is 19.1 Å². The highest BCUT2D eigenvalue weighted by Crippen LogP contribution is 2.20. The van der Waals surface area contributed by atoms with E-state index in [9.17, 15) is 9.90 Å². The molecule has 0 radical (unpaired) electrons. The summed E-state index contributed by atoms with van der Waals surface area (Å²) in [6, 6.07) is 5.48. The van der Waals surface area contributed by atoms with Crippen LogP contribution in [0.3, 0.4) is 0 Å². The Morgan fingerprint density at radius 3 is 2.53 bits per heavy atom. The highest BCUT2D eigenvalue weighted by Gasteiger charge is 2.23. The third-order valence-electron chi connectivity index (χ3n) is 1.97. The lowest BCUT2D eigenvalue weighted by Gasteiger charge is -2.16. The Hall–Kier alpha value is -0.870. The molecule has 0 saturated heterocycles. The highest BCUT2D eigenvalue weighted by molar-refractivity contribution is 9.10. The molecule has 0 fully saturated rings. The molecule has 0 aliphatic carbocycles. The molecular formula is C11H14BrNO2. The smallest absolute Gasteiger partial charge is 0.255 e. The van der Waals surface area contributed by atoms with Crippen LogP contribution >= 0.6 is 15.9 Å². The highest BCUT2D eigenvalue weighted by atomic mass is 79.9. The maximum absolute atomic E-state index is 11.5. The maximum atomic E-state index is 11.5. The Morgan fingerprint density at radius 1 is 1.47 bits per heavy atom. The predicted molar refractivity (Wildman–Crippen MR) is 63.8 cm³/mol. The molecular weight excluding hydrogens is 258 g/mol. The Morgan fingerprint density at radius 2 is 2.07 bits per heavy atom. The summed E-state index contributed by atoms with van der Waals surface area (Å²) in [7, 11) is 0. The molecule has 3 nitrogen and oxygen atoms in total. The van der Waals surface area contributed by atoms with Crippen molar-refractivity contribution in [2.24, 2.45) is 0 Å². The number of hydrogen-bond donors (Lipinski definition) is 2. The summed E-state index contributed by atoms with van der Waals surface area (Å²) in [6.45, 7) is 4.84. The van der Waals surface area contributed by atoms with Gasteiger partial charge in [0.2, 0.25) is 0 Å². The van der Waals surface area contributed by atoms with Gasteiger partial charge < -0.3 is 10.4 Å². The molecule has 2 N–H and O–H groups in total. The first-order valence-electron chi connectivity index (χ1n) is 4.60. The van der Waals surface area contributed by atoms with Gasteiger partial charge in [0.1, 0.15) is 5.60 Å². The molecule has 1 amide bonds. The lowest BCUT2D eigenvalue weighted by molar-refractivity contribution is -0.130. The predicted octanol–water partition coefficient (Wildman–Crippen LogP) is 2.47. The number of amides is 1. The van der Waals surface area contributed by atoms with E-state index in [2.05, 4.69) is 21.2 Å². The maximum Gasteiger partial charge on any atom is 0.255 e. The molecule has 82 valence electrons. The van der Waals surface area contributed by atoms with Gasteiger partial charge in [0.05, 0.1) is 0 Å². The van der Waals surface area contributed by atoms with E-state index in [4.69, 9.17) is 0 Å². The number of rotatable bonds is 2. The van der Waals surface area contributed by atoms with Gasteiger partial charge in [0.25, 0.3) is 5.91 Å². The second kappa shape index (κ2) is 4.33. The summed E-state index contributed by atoms with van der Waals surface area (Å²) >= 11 is 3.37. The average molecular weight is 272 g/mol. The van der Waals surface area contributed by atoms with Crippen molar-refractivity contribution in [3.05, 3.63) is 28.2 Å². The van der Waals surface area contributed by atoms with Gasteiger partial charge >= 0.3 is 0 Å². The van der Waals surface area contributed by atoms with Gasteiger partial charge in [-0.1, -0.05) is 15.9 Å². The van der Waals surface area contributed by atoms with E-state index < -0.39 is 11.5 Å². The van der Waals surface area contributed by atoms with Crippen molar-refractivity contribution in [1.29, 1.82) is 0 Å².